The summed E-state index contributed by atoms with van der Waals surface area (Å²) >= 11 is 0. The molecule has 0 aliphatic heterocycles. The summed E-state index contributed by atoms with van der Waals surface area (Å²) in [6.45, 7) is 8.21. The first kappa shape index (κ1) is 16.7. The highest BCUT2D eigenvalue weighted by Gasteiger charge is 2.14. The average Bonchev–Trinajstić information content (AvgIpc) is 2.59. The number of hydrogen-bond acceptors (Lipinski definition) is 2. The molecule has 0 amide bonds. The summed E-state index contributed by atoms with van der Waals surface area (Å²) in [5, 5.41) is 0. The number of likely N-dealkylation sites (N-methyl/N-ethyl adjacent to an activating group) is 1. The van der Waals surface area contributed by atoms with Crippen LogP contribution in [0.3, 0.4) is 0 Å². The molecule has 0 saturated carbocycles. The number of nitrogens with zero attached hydrogens (tertiary/aromatic N) is 1. The Morgan fingerprint density at radius 3 is 1.91 bits per heavy atom. The van der Waals surface area contributed by atoms with Gasteiger partial charge in [-0.1, -0.05) is 74.5 Å². The van der Waals surface area contributed by atoms with Crippen molar-refractivity contribution in [2.24, 2.45) is 0 Å². The molecule has 0 N–H and O–H groups in total. The van der Waals surface area contributed by atoms with Crippen molar-refractivity contribution in [3.05, 3.63) is 71.8 Å². The minimum atomic E-state index is 0.225. The second-order valence-corrected chi connectivity index (χ2v) is 5.59. The average molecular weight is 297 g/mol. The van der Waals surface area contributed by atoms with Gasteiger partial charge in [0.1, 0.15) is 0 Å². The molecule has 2 aromatic rings. The maximum absolute atomic E-state index is 6.22. The SMILES string of the molecule is CCN(CC)CC(Cc1ccccc1)OCc1ccccc1. The second kappa shape index (κ2) is 9.39. The van der Waals surface area contributed by atoms with Crippen LogP contribution in [0.5, 0.6) is 0 Å². The normalized spacial score (nSPS) is 12.5. The van der Waals surface area contributed by atoms with Crippen LogP contribution in [0.15, 0.2) is 60.7 Å². The van der Waals surface area contributed by atoms with Gasteiger partial charge in [0.05, 0.1) is 12.7 Å². The van der Waals surface area contributed by atoms with E-state index in [9.17, 15) is 0 Å². The summed E-state index contributed by atoms with van der Waals surface area (Å²) < 4.78 is 6.22. The van der Waals surface area contributed by atoms with Crippen LogP contribution in [0.4, 0.5) is 0 Å². The lowest BCUT2D eigenvalue weighted by Gasteiger charge is -2.26. The van der Waals surface area contributed by atoms with E-state index in [1.54, 1.807) is 0 Å². The summed E-state index contributed by atoms with van der Waals surface area (Å²) in [6, 6.07) is 21.0. The Kier molecular flexibility index (Phi) is 7.14. The molecule has 0 spiro atoms. The number of rotatable bonds is 9. The van der Waals surface area contributed by atoms with Gasteiger partial charge in [0.25, 0.3) is 0 Å². The Morgan fingerprint density at radius 1 is 0.818 bits per heavy atom. The molecule has 0 saturated heterocycles. The predicted molar refractivity (Wildman–Crippen MR) is 93.0 cm³/mol. The minimum absolute atomic E-state index is 0.225. The van der Waals surface area contributed by atoms with Crippen molar-refractivity contribution in [2.75, 3.05) is 19.6 Å². The van der Waals surface area contributed by atoms with Gasteiger partial charge in [-0.2, -0.15) is 0 Å². The van der Waals surface area contributed by atoms with E-state index in [1.165, 1.54) is 11.1 Å². The lowest BCUT2D eigenvalue weighted by molar-refractivity contribution is 0.0174. The van der Waals surface area contributed by atoms with Crippen molar-refractivity contribution in [3.8, 4) is 0 Å². The van der Waals surface area contributed by atoms with Gasteiger partial charge in [-0.3, -0.25) is 0 Å². The maximum atomic E-state index is 6.22. The van der Waals surface area contributed by atoms with E-state index >= 15 is 0 Å². The largest absolute Gasteiger partial charge is 0.372 e. The zero-order valence-corrected chi connectivity index (χ0v) is 13.7. The van der Waals surface area contributed by atoms with Gasteiger partial charge in [0.2, 0.25) is 0 Å². The van der Waals surface area contributed by atoms with E-state index in [2.05, 4.69) is 73.3 Å². The van der Waals surface area contributed by atoms with E-state index in [4.69, 9.17) is 4.74 Å². The molecule has 2 heteroatoms. The van der Waals surface area contributed by atoms with Crippen molar-refractivity contribution in [1.29, 1.82) is 0 Å². The molecule has 2 rings (SSSR count). The molecule has 0 bridgehead atoms. The van der Waals surface area contributed by atoms with Crippen LogP contribution < -0.4 is 0 Å². The monoisotopic (exact) mass is 297 g/mol. The molecule has 1 atom stereocenters. The molecule has 2 aromatic carbocycles. The first-order valence-corrected chi connectivity index (χ1v) is 8.23. The van der Waals surface area contributed by atoms with Gasteiger partial charge in [-0.15, -0.1) is 0 Å². The topological polar surface area (TPSA) is 12.5 Å². The van der Waals surface area contributed by atoms with E-state index < -0.39 is 0 Å². The van der Waals surface area contributed by atoms with E-state index in [0.717, 1.165) is 26.1 Å². The smallest absolute Gasteiger partial charge is 0.0746 e. The van der Waals surface area contributed by atoms with Crippen molar-refractivity contribution in [3.63, 3.8) is 0 Å². The van der Waals surface area contributed by atoms with E-state index in [0.29, 0.717) is 6.61 Å². The Morgan fingerprint density at radius 2 is 1.36 bits per heavy atom. The molecule has 0 aliphatic rings. The summed E-state index contributed by atoms with van der Waals surface area (Å²) in [4.78, 5) is 2.43. The van der Waals surface area contributed by atoms with E-state index in [1.807, 2.05) is 6.07 Å². The van der Waals surface area contributed by atoms with Crippen LogP contribution in [-0.4, -0.2) is 30.6 Å². The lowest BCUT2D eigenvalue weighted by Crippen LogP contribution is -2.35. The van der Waals surface area contributed by atoms with Gasteiger partial charge < -0.3 is 9.64 Å². The third-order valence-electron chi connectivity index (χ3n) is 3.99. The zero-order chi connectivity index (χ0) is 15.6. The zero-order valence-electron chi connectivity index (χ0n) is 13.7. The molecule has 0 fully saturated rings. The third-order valence-corrected chi connectivity index (χ3v) is 3.99. The molecule has 0 radical (unpaired) electrons. The highest BCUT2D eigenvalue weighted by atomic mass is 16.5. The molecule has 118 valence electrons. The highest BCUT2D eigenvalue weighted by Crippen LogP contribution is 2.11. The highest BCUT2D eigenvalue weighted by molar-refractivity contribution is 5.16. The van der Waals surface area contributed by atoms with Crippen molar-refractivity contribution in [2.45, 2.75) is 33.0 Å². The summed E-state index contributed by atoms with van der Waals surface area (Å²) in [5.74, 6) is 0. The number of hydrogen-bond donors (Lipinski definition) is 0. The second-order valence-electron chi connectivity index (χ2n) is 5.59. The summed E-state index contributed by atoms with van der Waals surface area (Å²) in [6.07, 6.45) is 1.19. The van der Waals surface area contributed by atoms with Crippen LogP contribution in [-0.2, 0) is 17.8 Å². The Bertz CT molecular complexity index is 508. The fraction of sp³-hybridized carbons (Fsp3) is 0.400. The van der Waals surface area contributed by atoms with Crippen LogP contribution >= 0.6 is 0 Å². The van der Waals surface area contributed by atoms with Gasteiger partial charge in [0, 0.05) is 6.54 Å². The molecule has 0 heterocycles. The summed E-state index contributed by atoms with van der Waals surface area (Å²) in [7, 11) is 0. The molecule has 0 aromatic heterocycles. The van der Waals surface area contributed by atoms with Gasteiger partial charge in [0.15, 0.2) is 0 Å². The van der Waals surface area contributed by atoms with Gasteiger partial charge >= 0.3 is 0 Å². The van der Waals surface area contributed by atoms with Crippen LogP contribution in [0.25, 0.3) is 0 Å². The molecule has 1 unspecified atom stereocenters. The molecule has 2 nitrogen and oxygen atoms in total. The van der Waals surface area contributed by atoms with Crippen LogP contribution in [0.1, 0.15) is 25.0 Å². The molecule has 0 aliphatic carbocycles. The number of benzene rings is 2. The van der Waals surface area contributed by atoms with Crippen LogP contribution in [0, 0.1) is 0 Å². The minimum Gasteiger partial charge on any atom is -0.372 e. The van der Waals surface area contributed by atoms with Crippen molar-refractivity contribution < 1.29 is 4.74 Å². The first-order chi connectivity index (χ1) is 10.8. The molecule has 22 heavy (non-hydrogen) atoms. The third kappa shape index (κ3) is 5.63. The van der Waals surface area contributed by atoms with Gasteiger partial charge in [-0.25, -0.2) is 0 Å². The predicted octanol–water partition coefficient (Wildman–Crippen LogP) is 4.16. The maximum Gasteiger partial charge on any atom is 0.0746 e. The quantitative estimate of drug-likeness (QED) is 0.689. The first-order valence-electron chi connectivity index (χ1n) is 8.23. The Labute approximate surface area is 134 Å². The summed E-state index contributed by atoms with van der Waals surface area (Å²) in [5.41, 5.74) is 2.58. The van der Waals surface area contributed by atoms with E-state index in [-0.39, 0.29) is 6.10 Å². The Hall–Kier alpha value is -1.64. The fourth-order valence-electron chi connectivity index (χ4n) is 2.61. The van der Waals surface area contributed by atoms with Gasteiger partial charge in [-0.05, 0) is 30.6 Å². The number of ether oxygens (including phenoxy) is 1. The van der Waals surface area contributed by atoms with Crippen LogP contribution in [0.2, 0.25) is 0 Å². The van der Waals surface area contributed by atoms with Crippen molar-refractivity contribution in [1.82, 2.24) is 4.90 Å². The molecular formula is C20H27NO. The van der Waals surface area contributed by atoms with Crippen molar-refractivity contribution >= 4 is 0 Å². The molecular weight excluding hydrogens is 270 g/mol. The standard InChI is InChI=1S/C20H27NO/c1-3-21(4-2)16-20(15-18-11-7-5-8-12-18)22-17-19-13-9-6-10-14-19/h5-14,20H,3-4,15-17H2,1-2H3. The lowest BCUT2D eigenvalue weighted by atomic mass is 10.1. The fourth-order valence-corrected chi connectivity index (χ4v) is 2.61. The Balaban J connectivity index is 1.97.